The number of amides is 2. The normalized spacial score (nSPS) is 19.1. The standard InChI is InChI=1S/C14H26N2O3S/c1-11(2)10-20-8-4-6-15-14(19)16-7-3-5-12(9-16)13(17)18/h11-12H,3-10H2,1-2H3,(H,15,19)(H,17,18). The molecule has 1 rings (SSSR count). The number of nitrogens with one attached hydrogen (secondary N) is 1. The molecule has 20 heavy (non-hydrogen) atoms. The van der Waals surface area contributed by atoms with Crippen LogP contribution in [0.3, 0.4) is 0 Å². The third kappa shape index (κ3) is 6.50. The van der Waals surface area contributed by atoms with Gasteiger partial charge in [-0.2, -0.15) is 11.8 Å². The molecule has 1 aliphatic heterocycles. The molecule has 5 nitrogen and oxygen atoms in total. The molecule has 0 saturated carbocycles. The van der Waals surface area contributed by atoms with Crippen LogP contribution in [0.5, 0.6) is 0 Å². The first-order chi connectivity index (χ1) is 9.50. The predicted octanol–water partition coefficient (Wildman–Crippen LogP) is 2.27. The third-order valence-electron chi connectivity index (χ3n) is 3.25. The molecule has 0 bridgehead atoms. The van der Waals surface area contributed by atoms with Gasteiger partial charge in [0.2, 0.25) is 0 Å². The Labute approximate surface area is 125 Å². The van der Waals surface area contributed by atoms with Crippen LogP contribution in [0.25, 0.3) is 0 Å². The molecule has 116 valence electrons. The summed E-state index contributed by atoms with van der Waals surface area (Å²) in [6.45, 7) is 6.06. The Morgan fingerprint density at radius 3 is 2.85 bits per heavy atom. The number of hydrogen-bond donors (Lipinski definition) is 2. The summed E-state index contributed by atoms with van der Waals surface area (Å²) in [5, 5.41) is 11.9. The van der Waals surface area contributed by atoms with Gasteiger partial charge in [-0.05, 0) is 36.7 Å². The average Bonchev–Trinajstić information content (AvgIpc) is 2.42. The smallest absolute Gasteiger partial charge is 0.317 e. The van der Waals surface area contributed by atoms with E-state index in [9.17, 15) is 9.59 Å². The van der Waals surface area contributed by atoms with Crippen LogP contribution in [0.4, 0.5) is 4.79 Å². The van der Waals surface area contributed by atoms with E-state index in [4.69, 9.17) is 5.11 Å². The summed E-state index contributed by atoms with van der Waals surface area (Å²) in [6, 6.07) is -0.121. The maximum absolute atomic E-state index is 11.9. The zero-order valence-corrected chi connectivity index (χ0v) is 13.2. The average molecular weight is 302 g/mol. The van der Waals surface area contributed by atoms with Gasteiger partial charge >= 0.3 is 12.0 Å². The van der Waals surface area contributed by atoms with Crippen molar-refractivity contribution in [3.63, 3.8) is 0 Å². The quantitative estimate of drug-likeness (QED) is 0.708. The highest BCUT2D eigenvalue weighted by molar-refractivity contribution is 7.99. The van der Waals surface area contributed by atoms with Gasteiger partial charge in [0, 0.05) is 19.6 Å². The van der Waals surface area contributed by atoms with Crippen molar-refractivity contribution in [3.8, 4) is 0 Å². The topological polar surface area (TPSA) is 69.6 Å². The Balaban J connectivity index is 2.14. The Kier molecular flexibility index (Phi) is 7.80. The monoisotopic (exact) mass is 302 g/mol. The fourth-order valence-electron chi connectivity index (χ4n) is 2.16. The number of aliphatic carboxylic acids is 1. The lowest BCUT2D eigenvalue weighted by Gasteiger charge is -2.30. The molecule has 0 aromatic heterocycles. The van der Waals surface area contributed by atoms with Crippen LogP contribution in [-0.2, 0) is 4.79 Å². The van der Waals surface area contributed by atoms with Crippen LogP contribution >= 0.6 is 11.8 Å². The molecule has 0 aromatic rings. The van der Waals surface area contributed by atoms with Gasteiger partial charge in [-0.1, -0.05) is 13.8 Å². The summed E-state index contributed by atoms with van der Waals surface area (Å²) in [5.41, 5.74) is 0. The molecule has 0 aromatic carbocycles. The number of piperidine rings is 1. The zero-order chi connectivity index (χ0) is 15.0. The molecule has 0 radical (unpaired) electrons. The lowest BCUT2D eigenvalue weighted by molar-refractivity contribution is -0.143. The van der Waals surface area contributed by atoms with Crippen molar-refractivity contribution >= 4 is 23.8 Å². The third-order valence-corrected chi connectivity index (χ3v) is 4.73. The molecule has 1 atom stereocenters. The number of carbonyl (C=O) groups excluding carboxylic acids is 1. The molecule has 2 amide bonds. The van der Waals surface area contributed by atoms with Crippen molar-refractivity contribution in [3.05, 3.63) is 0 Å². The molecule has 6 heteroatoms. The Bertz CT molecular complexity index is 324. The van der Waals surface area contributed by atoms with Crippen LogP contribution < -0.4 is 5.32 Å². The van der Waals surface area contributed by atoms with Gasteiger partial charge in [0.25, 0.3) is 0 Å². The van der Waals surface area contributed by atoms with Crippen molar-refractivity contribution in [1.82, 2.24) is 10.2 Å². The number of carbonyl (C=O) groups is 2. The summed E-state index contributed by atoms with van der Waals surface area (Å²) < 4.78 is 0. The highest BCUT2D eigenvalue weighted by Crippen LogP contribution is 2.16. The highest BCUT2D eigenvalue weighted by Gasteiger charge is 2.27. The molecule has 1 fully saturated rings. The van der Waals surface area contributed by atoms with Crippen molar-refractivity contribution < 1.29 is 14.7 Å². The first kappa shape index (κ1) is 17.1. The number of thioether (sulfide) groups is 1. The number of rotatable bonds is 7. The highest BCUT2D eigenvalue weighted by atomic mass is 32.2. The second-order valence-corrected chi connectivity index (χ2v) is 6.83. The van der Waals surface area contributed by atoms with Crippen LogP contribution in [0.2, 0.25) is 0 Å². The Morgan fingerprint density at radius 1 is 1.45 bits per heavy atom. The minimum Gasteiger partial charge on any atom is -0.481 e. The minimum absolute atomic E-state index is 0.121. The van der Waals surface area contributed by atoms with E-state index in [1.807, 2.05) is 11.8 Å². The van der Waals surface area contributed by atoms with E-state index in [1.54, 1.807) is 4.90 Å². The van der Waals surface area contributed by atoms with Gasteiger partial charge in [0.05, 0.1) is 5.92 Å². The van der Waals surface area contributed by atoms with Crippen molar-refractivity contribution in [2.24, 2.45) is 11.8 Å². The molecule has 0 spiro atoms. The van der Waals surface area contributed by atoms with E-state index in [1.165, 1.54) is 0 Å². The number of urea groups is 1. The Hall–Kier alpha value is -0.910. The summed E-state index contributed by atoms with van der Waals surface area (Å²) in [4.78, 5) is 24.5. The van der Waals surface area contributed by atoms with Gasteiger partial charge in [-0.3, -0.25) is 4.79 Å². The van der Waals surface area contributed by atoms with Gasteiger partial charge in [-0.15, -0.1) is 0 Å². The second kappa shape index (κ2) is 9.10. The van der Waals surface area contributed by atoms with E-state index < -0.39 is 11.9 Å². The van der Waals surface area contributed by atoms with E-state index in [0.29, 0.717) is 32.0 Å². The van der Waals surface area contributed by atoms with Gasteiger partial charge in [-0.25, -0.2) is 4.79 Å². The molecule has 1 aliphatic rings. The number of carboxylic acids is 1. The summed E-state index contributed by atoms with van der Waals surface area (Å²) in [6.07, 6.45) is 2.40. The second-order valence-electron chi connectivity index (χ2n) is 5.68. The SMILES string of the molecule is CC(C)CSCCCNC(=O)N1CCCC(C(=O)O)C1. The molecule has 2 N–H and O–H groups in total. The molecular weight excluding hydrogens is 276 g/mol. The van der Waals surface area contributed by atoms with Crippen LogP contribution in [0, 0.1) is 11.8 Å². The molecular formula is C14H26N2O3S. The van der Waals surface area contributed by atoms with Gasteiger partial charge in [0.15, 0.2) is 0 Å². The van der Waals surface area contributed by atoms with Gasteiger partial charge in [0.1, 0.15) is 0 Å². The molecule has 1 heterocycles. The summed E-state index contributed by atoms with van der Waals surface area (Å²) in [7, 11) is 0. The maximum Gasteiger partial charge on any atom is 0.317 e. The Morgan fingerprint density at radius 2 is 2.20 bits per heavy atom. The lowest BCUT2D eigenvalue weighted by atomic mass is 9.99. The summed E-state index contributed by atoms with van der Waals surface area (Å²) >= 11 is 1.91. The van der Waals surface area contributed by atoms with E-state index in [0.717, 1.165) is 24.3 Å². The molecule has 1 unspecified atom stereocenters. The fourth-order valence-corrected chi connectivity index (χ4v) is 3.15. The number of carboxylic acid groups (broad SMARTS) is 1. The fraction of sp³-hybridized carbons (Fsp3) is 0.857. The van der Waals surface area contributed by atoms with Gasteiger partial charge < -0.3 is 15.3 Å². The largest absolute Gasteiger partial charge is 0.481 e. The molecule has 0 aliphatic carbocycles. The van der Waals surface area contributed by atoms with Crippen LogP contribution in [-0.4, -0.2) is 53.1 Å². The number of hydrogen-bond acceptors (Lipinski definition) is 3. The first-order valence-corrected chi connectivity index (χ1v) is 8.49. The zero-order valence-electron chi connectivity index (χ0n) is 12.4. The van der Waals surface area contributed by atoms with E-state index in [-0.39, 0.29) is 6.03 Å². The van der Waals surface area contributed by atoms with Crippen molar-refractivity contribution in [2.75, 3.05) is 31.1 Å². The first-order valence-electron chi connectivity index (χ1n) is 7.34. The summed E-state index contributed by atoms with van der Waals surface area (Å²) in [5.74, 6) is 1.70. The minimum atomic E-state index is -0.799. The molecule has 1 saturated heterocycles. The van der Waals surface area contributed by atoms with Crippen molar-refractivity contribution in [1.29, 1.82) is 0 Å². The lowest BCUT2D eigenvalue weighted by Crippen LogP contribution is -2.47. The van der Waals surface area contributed by atoms with E-state index in [2.05, 4.69) is 19.2 Å². The predicted molar refractivity (Wildman–Crippen MR) is 82.1 cm³/mol. The van der Waals surface area contributed by atoms with Crippen LogP contribution in [0.1, 0.15) is 33.1 Å². The van der Waals surface area contributed by atoms with E-state index >= 15 is 0 Å². The van der Waals surface area contributed by atoms with Crippen molar-refractivity contribution in [2.45, 2.75) is 33.1 Å². The number of likely N-dealkylation sites (tertiary alicyclic amines) is 1. The number of nitrogens with zero attached hydrogens (tertiary/aromatic N) is 1. The maximum atomic E-state index is 11.9. The van der Waals surface area contributed by atoms with Crippen LogP contribution in [0.15, 0.2) is 0 Å².